The molecule has 1 aliphatic rings. The van der Waals surface area contributed by atoms with Crippen LogP contribution in [0.5, 0.6) is 11.5 Å². The molecule has 2 aromatic carbocycles. The quantitative estimate of drug-likeness (QED) is 0.524. The topological polar surface area (TPSA) is 42.5 Å². The Balaban J connectivity index is 1.59. The summed E-state index contributed by atoms with van der Waals surface area (Å²) in [5.41, 5.74) is 2.25. The van der Waals surface area contributed by atoms with Gasteiger partial charge in [-0.05, 0) is 61.4 Å². The molecule has 1 fully saturated rings. The van der Waals surface area contributed by atoms with Gasteiger partial charge in [-0.3, -0.25) is 0 Å². The van der Waals surface area contributed by atoms with Gasteiger partial charge in [0.25, 0.3) is 0 Å². The van der Waals surface area contributed by atoms with E-state index in [-0.39, 0.29) is 0 Å². The molecule has 0 bridgehead atoms. The van der Waals surface area contributed by atoms with E-state index in [1.54, 1.807) is 12.2 Å². The Kier molecular flexibility index (Phi) is 7.42. The fourth-order valence-electron chi connectivity index (χ4n) is 3.51. The molecule has 0 spiro atoms. The van der Waals surface area contributed by atoms with Crippen LogP contribution in [0.2, 0.25) is 0 Å². The maximum absolute atomic E-state index is 5.56. The van der Waals surface area contributed by atoms with Gasteiger partial charge in [-0.1, -0.05) is 38.2 Å². The second-order valence-electron chi connectivity index (χ2n) is 7.03. The van der Waals surface area contributed by atoms with Gasteiger partial charge in [-0.2, -0.15) is 0 Å². The van der Waals surface area contributed by atoms with Crippen molar-refractivity contribution in [2.75, 3.05) is 23.8 Å². The third kappa shape index (κ3) is 5.81. The summed E-state index contributed by atoms with van der Waals surface area (Å²) in [4.78, 5) is 0. The average Bonchev–Trinajstić information content (AvgIpc) is 2.74. The highest BCUT2D eigenvalue weighted by molar-refractivity contribution is 5.50. The van der Waals surface area contributed by atoms with Crippen LogP contribution in [-0.2, 0) is 0 Å². The van der Waals surface area contributed by atoms with Crippen molar-refractivity contribution in [3.63, 3.8) is 0 Å². The summed E-state index contributed by atoms with van der Waals surface area (Å²) < 4.78 is 11.1. The van der Waals surface area contributed by atoms with Crippen molar-refractivity contribution in [3.05, 3.63) is 73.8 Å². The monoisotopic (exact) mass is 378 g/mol. The molecule has 28 heavy (non-hydrogen) atoms. The second kappa shape index (κ2) is 10.5. The third-order valence-electron chi connectivity index (χ3n) is 4.91. The summed E-state index contributed by atoms with van der Waals surface area (Å²) in [6.07, 6.45) is 8.33. The molecule has 0 radical (unpaired) electrons. The van der Waals surface area contributed by atoms with Crippen LogP contribution >= 0.6 is 0 Å². The van der Waals surface area contributed by atoms with Gasteiger partial charge in [-0.25, -0.2) is 0 Å². The largest absolute Gasteiger partial charge is 0.490 e. The first kappa shape index (κ1) is 19.9. The summed E-state index contributed by atoms with van der Waals surface area (Å²) in [6, 6.07) is 17.1. The summed E-state index contributed by atoms with van der Waals surface area (Å²) in [5, 5.41) is 7.40. The van der Waals surface area contributed by atoms with Gasteiger partial charge >= 0.3 is 0 Å². The Labute approximate surface area is 168 Å². The summed E-state index contributed by atoms with van der Waals surface area (Å²) in [6.45, 7) is 8.41. The number of benzene rings is 2. The highest BCUT2D eigenvalue weighted by atomic mass is 16.5. The molecular formula is C24H30N2O2. The van der Waals surface area contributed by atoms with Crippen LogP contribution in [0, 0.1) is 0 Å². The normalized spacial score (nSPS) is 18.7. The smallest absolute Gasteiger partial charge is 0.119 e. The van der Waals surface area contributed by atoms with Crippen molar-refractivity contribution in [3.8, 4) is 11.5 Å². The van der Waals surface area contributed by atoms with Crippen molar-refractivity contribution in [1.29, 1.82) is 0 Å². The van der Waals surface area contributed by atoms with Gasteiger partial charge in [0, 0.05) is 23.5 Å². The van der Waals surface area contributed by atoms with Crippen LogP contribution in [0.4, 0.5) is 11.4 Å². The summed E-state index contributed by atoms with van der Waals surface area (Å²) in [7, 11) is 0. The van der Waals surface area contributed by atoms with Crippen molar-refractivity contribution < 1.29 is 9.47 Å². The number of nitrogens with one attached hydrogen (secondary N) is 2. The molecule has 2 aromatic rings. The van der Waals surface area contributed by atoms with Gasteiger partial charge in [0.15, 0.2) is 0 Å². The van der Waals surface area contributed by atoms with Crippen LogP contribution in [0.1, 0.15) is 25.7 Å². The first-order valence-corrected chi connectivity index (χ1v) is 9.99. The van der Waals surface area contributed by atoms with E-state index in [0.29, 0.717) is 25.3 Å². The fourth-order valence-corrected chi connectivity index (χ4v) is 3.51. The Morgan fingerprint density at radius 1 is 0.714 bits per heavy atom. The lowest BCUT2D eigenvalue weighted by Gasteiger charge is -2.34. The first-order chi connectivity index (χ1) is 13.8. The van der Waals surface area contributed by atoms with E-state index in [2.05, 4.69) is 48.1 Å². The van der Waals surface area contributed by atoms with Gasteiger partial charge in [0.2, 0.25) is 0 Å². The van der Waals surface area contributed by atoms with E-state index in [1.807, 2.05) is 24.3 Å². The number of anilines is 2. The average molecular weight is 379 g/mol. The molecule has 0 aromatic heterocycles. The predicted octanol–water partition coefficient (Wildman–Crippen LogP) is 5.65. The Hall–Kier alpha value is -2.88. The van der Waals surface area contributed by atoms with Crippen molar-refractivity contribution >= 4 is 11.4 Å². The number of hydrogen-bond donors (Lipinski definition) is 2. The molecule has 2 N–H and O–H groups in total. The van der Waals surface area contributed by atoms with Gasteiger partial charge in [0.1, 0.15) is 24.7 Å². The van der Waals surface area contributed by atoms with E-state index in [1.165, 1.54) is 12.8 Å². The fraction of sp³-hybridized carbons (Fsp3) is 0.333. The minimum atomic E-state index is 0.394. The zero-order valence-corrected chi connectivity index (χ0v) is 16.4. The summed E-state index contributed by atoms with van der Waals surface area (Å²) in [5.74, 6) is 1.73. The Morgan fingerprint density at radius 3 is 1.46 bits per heavy atom. The maximum atomic E-state index is 5.56. The third-order valence-corrected chi connectivity index (χ3v) is 4.91. The predicted molar refractivity (Wildman–Crippen MR) is 118 cm³/mol. The molecule has 1 saturated carbocycles. The van der Waals surface area contributed by atoms with E-state index < -0.39 is 0 Å². The highest BCUT2D eigenvalue weighted by Gasteiger charge is 2.25. The standard InChI is InChI=1S/C24H30N2O2/c1-3-17-27-21-13-9-19(10-14-21)25-23-7-5-6-8-24(23)26-20-11-15-22(16-12-20)28-18-4-2/h3-4,9-16,23-26H,1-2,5-8,17-18H2. The van der Waals surface area contributed by atoms with Crippen LogP contribution in [0.3, 0.4) is 0 Å². The van der Waals surface area contributed by atoms with Crippen molar-refractivity contribution in [2.24, 2.45) is 0 Å². The molecule has 0 saturated heterocycles. The molecule has 2 atom stereocenters. The zero-order valence-electron chi connectivity index (χ0n) is 16.4. The lowest BCUT2D eigenvalue weighted by atomic mass is 9.90. The molecule has 4 heteroatoms. The lowest BCUT2D eigenvalue weighted by molar-refractivity contribution is 0.363. The summed E-state index contributed by atoms with van der Waals surface area (Å²) >= 11 is 0. The molecule has 2 unspecified atom stereocenters. The minimum absolute atomic E-state index is 0.394. The van der Waals surface area contributed by atoms with E-state index in [0.717, 1.165) is 35.7 Å². The van der Waals surface area contributed by atoms with Gasteiger partial charge in [-0.15, -0.1) is 0 Å². The molecule has 3 rings (SSSR count). The van der Waals surface area contributed by atoms with Crippen molar-refractivity contribution in [2.45, 2.75) is 37.8 Å². The number of hydrogen-bond acceptors (Lipinski definition) is 4. The van der Waals surface area contributed by atoms with Gasteiger partial charge < -0.3 is 20.1 Å². The molecule has 4 nitrogen and oxygen atoms in total. The van der Waals surface area contributed by atoms with Crippen LogP contribution in [0.25, 0.3) is 0 Å². The highest BCUT2D eigenvalue weighted by Crippen LogP contribution is 2.27. The number of rotatable bonds is 10. The van der Waals surface area contributed by atoms with Gasteiger partial charge in [0.05, 0.1) is 0 Å². The van der Waals surface area contributed by atoms with E-state index >= 15 is 0 Å². The first-order valence-electron chi connectivity index (χ1n) is 9.99. The second-order valence-corrected chi connectivity index (χ2v) is 7.03. The zero-order chi connectivity index (χ0) is 19.6. The Morgan fingerprint density at radius 2 is 1.11 bits per heavy atom. The number of ether oxygens (including phenoxy) is 2. The van der Waals surface area contributed by atoms with E-state index in [4.69, 9.17) is 9.47 Å². The molecule has 1 aliphatic carbocycles. The molecule has 0 heterocycles. The van der Waals surface area contributed by atoms with Crippen LogP contribution in [-0.4, -0.2) is 25.3 Å². The van der Waals surface area contributed by atoms with Crippen LogP contribution in [0.15, 0.2) is 73.8 Å². The lowest BCUT2D eigenvalue weighted by Crippen LogP contribution is -2.41. The SMILES string of the molecule is C=CCOc1ccc(NC2CCCCC2Nc2ccc(OCC=C)cc2)cc1. The maximum Gasteiger partial charge on any atom is 0.119 e. The van der Waals surface area contributed by atoms with Crippen molar-refractivity contribution in [1.82, 2.24) is 0 Å². The molecule has 148 valence electrons. The van der Waals surface area contributed by atoms with Crippen LogP contribution < -0.4 is 20.1 Å². The molecule has 0 aliphatic heterocycles. The molecular weight excluding hydrogens is 348 g/mol. The Bertz CT molecular complexity index is 675. The molecule has 0 amide bonds. The minimum Gasteiger partial charge on any atom is -0.490 e. The van der Waals surface area contributed by atoms with E-state index in [9.17, 15) is 0 Å².